The summed E-state index contributed by atoms with van der Waals surface area (Å²) < 4.78 is 5.85. The van der Waals surface area contributed by atoms with Gasteiger partial charge in [0.25, 0.3) is 0 Å². The Morgan fingerprint density at radius 3 is 1.88 bits per heavy atom. The lowest BCUT2D eigenvalue weighted by Gasteiger charge is -2.13. The normalized spacial score (nSPS) is 10.8. The van der Waals surface area contributed by atoms with Crippen LogP contribution in [0, 0.1) is 0 Å². The number of aromatic hydroxyl groups is 5. The Kier molecular flexibility index (Phi) is 6.78. The number of hydrogen-bond donors (Lipinski definition) is 5. The van der Waals surface area contributed by atoms with Gasteiger partial charge in [-0.15, -0.1) is 0 Å². The van der Waals surface area contributed by atoms with Crippen LogP contribution in [0.1, 0.15) is 22.3 Å². The second-order valence-electron chi connectivity index (χ2n) is 8.24. The van der Waals surface area contributed by atoms with Gasteiger partial charge in [-0.2, -0.15) is 0 Å². The molecule has 4 aromatic carbocycles. The van der Waals surface area contributed by atoms with E-state index in [9.17, 15) is 25.5 Å². The maximum absolute atomic E-state index is 10.3. The van der Waals surface area contributed by atoms with Gasteiger partial charge in [0.2, 0.25) is 5.75 Å². The van der Waals surface area contributed by atoms with Crippen LogP contribution in [0.15, 0.2) is 78.9 Å². The topological polar surface area (TPSA) is 110 Å². The first kappa shape index (κ1) is 22.9. The largest absolute Gasteiger partial charge is 0.508 e. The molecule has 6 heteroatoms. The fraction of sp³-hybridized carbons (Fsp3) is 0.143. The molecule has 4 aromatic rings. The summed E-state index contributed by atoms with van der Waals surface area (Å²) in [5.41, 5.74) is 3.58. The quantitative estimate of drug-likeness (QED) is 0.221. The van der Waals surface area contributed by atoms with Gasteiger partial charge in [0.05, 0.1) is 0 Å². The fourth-order valence-electron chi connectivity index (χ4n) is 3.80. The van der Waals surface area contributed by atoms with E-state index in [0.29, 0.717) is 31.4 Å². The van der Waals surface area contributed by atoms with E-state index in [1.807, 2.05) is 18.2 Å². The van der Waals surface area contributed by atoms with Crippen molar-refractivity contribution in [3.05, 3.63) is 101 Å². The van der Waals surface area contributed by atoms with Gasteiger partial charge in [0.1, 0.15) is 23.0 Å². The maximum Gasteiger partial charge on any atom is 0.201 e. The van der Waals surface area contributed by atoms with Crippen molar-refractivity contribution in [2.75, 3.05) is 0 Å². The predicted octanol–water partition coefficient (Wildman–Crippen LogP) is 5.58. The Labute approximate surface area is 197 Å². The third kappa shape index (κ3) is 5.92. The Hall–Kier alpha value is -4.32. The van der Waals surface area contributed by atoms with E-state index in [0.717, 1.165) is 22.3 Å². The SMILES string of the molecule is Oc1ccc(CCc2cc(O)cc(Oc3cc(CCc4cccc(O)c4)cc(O)c3O)c2)cc1. The molecule has 174 valence electrons. The van der Waals surface area contributed by atoms with E-state index in [4.69, 9.17) is 4.74 Å². The van der Waals surface area contributed by atoms with Crippen molar-refractivity contribution < 1.29 is 30.3 Å². The van der Waals surface area contributed by atoms with Crippen LogP contribution in [-0.2, 0) is 25.7 Å². The zero-order valence-corrected chi connectivity index (χ0v) is 18.5. The lowest BCUT2D eigenvalue weighted by Crippen LogP contribution is -1.95. The van der Waals surface area contributed by atoms with Crippen molar-refractivity contribution in [1.82, 2.24) is 0 Å². The monoisotopic (exact) mass is 458 g/mol. The van der Waals surface area contributed by atoms with Crippen LogP contribution >= 0.6 is 0 Å². The van der Waals surface area contributed by atoms with E-state index in [1.165, 1.54) is 12.1 Å². The van der Waals surface area contributed by atoms with Crippen LogP contribution in [0.5, 0.6) is 40.2 Å². The molecule has 6 nitrogen and oxygen atoms in total. The molecule has 0 saturated heterocycles. The molecule has 0 bridgehead atoms. The summed E-state index contributed by atoms with van der Waals surface area (Å²) in [5.74, 6) is 0.180. The molecule has 34 heavy (non-hydrogen) atoms. The van der Waals surface area contributed by atoms with Gasteiger partial charge in [-0.05, 0) is 96.5 Å². The first-order valence-corrected chi connectivity index (χ1v) is 11.0. The highest BCUT2D eigenvalue weighted by Crippen LogP contribution is 2.40. The molecule has 0 fully saturated rings. The number of aryl methyl sites for hydroxylation is 4. The molecule has 0 spiro atoms. The Morgan fingerprint density at radius 1 is 0.500 bits per heavy atom. The molecule has 5 N–H and O–H groups in total. The first-order valence-electron chi connectivity index (χ1n) is 11.0. The highest BCUT2D eigenvalue weighted by molar-refractivity contribution is 5.54. The van der Waals surface area contributed by atoms with Crippen molar-refractivity contribution in [1.29, 1.82) is 0 Å². The lowest BCUT2D eigenvalue weighted by atomic mass is 10.0. The summed E-state index contributed by atoms with van der Waals surface area (Å²) in [6.45, 7) is 0. The maximum atomic E-state index is 10.3. The predicted molar refractivity (Wildman–Crippen MR) is 129 cm³/mol. The van der Waals surface area contributed by atoms with Crippen molar-refractivity contribution in [3.63, 3.8) is 0 Å². The van der Waals surface area contributed by atoms with Crippen molar-refractivity contribution in [2.45, 2.75) is 25.7 Å². The third-order valence-corrected chi connectivity index (χ3v) is 5.55. The van der Waals surface area contributed by atoms with Gasteiger partial charge in [-0.25, -0.2) is 0 Å². The molecule has 0 aromatic heterocycles. The van der Waals surface area contributed by atoms with Gasteiger partial charge in [-0.3, -0.25) is 0 Å². The average Bonchev–Trinajstić information content (AvgIpc) is 2.80. The van der Waals surface area contributed by atoms with Crippen molar-refractivity contribution in [3.8, 4) is 40.2 Å². The second-order valence-corrected chi connectivity index (χ2v) is 8.24. The summed E-state index contributed by atoms with van der Waals surface area (Å²) in [7, 11) is 0. The zero-order valence-electron chi connectivity index (χ0n) is 18.5. The lowest BCUT2D eigenvalue weighted by molar-refractivity contribution is 0.371. The van der Waals surface area contributed by atoms with Gasteiger partial charge in [0.15, 0.2) is 11.5 Å². The molecule has 0 unspecified atom stereocenters. The van der Waals surface area contributed by atoms with Gasteiger partial charge in [-0.1, -0.05) is 24.3 Å². The smallest absolute Gasteiger partial charge is 0.201 e. The number of benzene rings is 4. The molecule has 0 atom stereocenters. The highest BCUT2D eigenvalue weighted by Gasteiger charge is 2.13. The molecule has 0 amide bonds. The number of ether oxygens (including phenoxy) is 1. The highest BCUT2D eigenvalue weighted by atomic mass is 16.5. The minimum absolute atomic E-state index is 0.0296. The van der Waals surface area contributed by atoms with Crippen LogP contribution in [0.25, 0.3) is 0 Å². The summed E-state index contributed by atoms with van der Waals surface area (Å²) in [5, 5.41) is 49.8. The van der Waals surface area contributed by atoms with E-state index in [-0.39, 0.29) is 34.5 Å². The molecule has 4 rings (SSSR count). The van der Waals surface area contributed by atoms with Crippen LogP contribution in [-0.4, -0.2) is 25.5 Å². The zero-order chi connectivity index (χ0) is 24.1. The molecule has 0 saturated carbocycles. The Bertz CT molecular complexity index is 1280. The van der Waals surface area contributed by atoms with Crippen molar-refractivity contribution in [2.24, 2.45) is 0 Å². The second kappa shape index (κ2) is 10.1. The number of phenols is 5. The molecule has 0 heterocycles. The van der Waals surface area contributed by atoms with E-state index in [2.05, 4.69) is 0 Å². The number of phenolic OH excluding ortho intramolecular Hbond substituents is 5. The molecular formula is C28H26O6. The number of rotatable bonds is 8. The Balaban J connectivity index is 1.49. The van der Waals surface area contributed by atoms with Crippen LogP contribution in [0.2, 0.25) is 0 Å². The molecule has 0 aliphatic carbocycles. The molecule has 0 aliphatic rings. The fourth-order valence-corrected chi connectivity index (χ4v) is 3.80. The minimum atomic E-state index is -0.380. The number of hydrogen-bond acceptors (Lipinski definition) is 6. The van der Waals surface area contributed by atoms with Crippen molar-refractivity contribution >= 4 is 0 Å². The summed E-state index contributed by atoms with van der Waals surface area (Å²) in [4.78, 5) is 0. The van der Waals surface area contributed by atoms with E-state index in [1.54, 1.807) is 48.5 Å². The first-order chi connectivity index (χ1) is 16.4. The van der Waals surface area contributed by atoms with Gasteiger partial charge in [0, 0.05) is 6.07 Å². The molecule has 0 radical (unpaired) electrons. The summed E-state index contributed by atoms with van der Waals surface area (Å²) in [6, 6.07) is 21.9. The Morgan fingerprint density at radius 2 is 1.15 bits per heavy atom. The van der Waals surface area contributed by atoms with Gasteiger partial charge < -0.3 is 30.3 Å². The molecule has 0 aliphatic heterocycles. The summed E-state index contributed by atoms with van der Waals surface area (Å²) >= 11 is 0. The standard InChI is InChI=1S/C28H26O6/c29-22-10-8-18(9-11-22)4-6-20-13-24(31)17-25(14-20)34-27-16-21(15-26(32)28(27)33)7-5-19-2-1-3-23(30)12-19/h1-3,8-17,29-33H,4-7H2. The third-order valence-electron chi connectivity index (χ3n) is 5.55. The minimum Gasteiger partial charge on any atom is -0.508 e. The van der Waals surface area contributed by atoms with E-state index < -0.39 is 0 Å². The van der Waals surface area contributed by atoms with Gasteiger partial charge >= 0.3 is 0 Å². The average molecular weight is 459 g/mol. The van der Waals surface area contributed by atoms with Crippen LogP contribution < -0.4 is 4.74 Å². The molecular weight excluding hydrogens is 432 g/mol. The van der Waals surface area contributed by atoms with Crippen LogP contribution in [0.4, 0.5) is 0 Å². The van der Waals surface area contributed by atoms with Crippen LogP contribution in [0.3, 0.4) is 0 Å². The van der Waals surface area contributed by atoms with E-state index >= 15 is 0 Å². The summed E-state index contributed by atoms with van der Waals surface area (Å²) in [6.07, 6.45) is 2.54.